The Morgan fingerprint density at radius 2 is 2.05 bits per heavy atom. The van der Waals surface area contributed by atoms with Crippen LogP contribution in [0.3, 0.4) is 0 Å². The van der Waals surface area contributed by atoms with E-state index in [2.05, 4.69) is 27.7 Å². The second-order valence-corrected chi connectivity index (χ2v) is 5.65. The van der Waals surface area contributed by atoms with Crippen molar-refractivity contribution in [2.75, 3.05) is 39.4 Å². The summed E-state index contributed by atoms with van der Waals surface area (Å²) < 4.78 is 5.32. The van der Waals surface area contributed by atoms with Gasteiger partial charge in [-0.3, -0.25) is 9.69 Å². The van der Waals surface area contributed by atoms with Gasteiger partial charge in [0.1, 0.15) is 0 Å². The molecule has 2 aliphatic heterocycles. The van der Waals surface area contributed by atoms with E-state index >= 15 is 0 Å². The van der Waals surface area contributed by atoms with Crippen LogP contribution in [0, 0.1) is 0 Å². The number of benzene rings is 1. The SMILES string of the molecule is O=C(NCCN1CCOCC1)C1Cc2ccccc2CN1. The Labute approximate surface area is 125 Å². The van der Waals surface area contributed by atoms with E-state index in [0.29, 0.717) is 6.54 Å². The number of morpholine rings is 1. The van der Waals surface area contributed by atoms with Gasteiger partial charge in [0.25, 0.3) is 0 Å². The number of ether oxygens (including phenoxy) is 1. The minimum absolute atomic E-state index is 0.107. The minimum atomic E-state index is -0.107. The zero-order valence-electron chi connectivity index (χ0n) is 12.3. The van der Waals surface area contributed by atoms with Gasteiger partial charge in [0.05, 0.1) is 19.3 Å². The zero-order chi connectivity index (χ0) is 14.5. The number of amides is 1. The molecule has 5 nitrogen and oxygen atoms in total. The lowest BCUT2D eigenvalue weighted by molar-refractivity contribution is -0.123. The van der Waals surface area contributed by atoms with Crippen LogP contribution in [0.1, 0.15) is 11.1 Å². The molecule has 0 aromatic heterocycles. The Kier molecular flexibility index (Phi) is 4.85. The van der Waals surface area contributed by atoms with Crippen molar-refractivity contribution >= 4 is 5.91 Å². The molecule has 0 radical (unpaired) electrons. The van der Waals surface area contributed by atoms with E-state index in [1.165, 1.54) is 11.1 Å². The van der Waals surface area contributed by atoms with Crippen molar-refractivity contribution in [2.24, 2.45) is 0 Å². The molecule has 0 bridgehead atoms. The monoisotopic (exact) mass is 289 g/mol. The Hall–Kier alpha value is -1.43. The van der Waals surface area contributed by atoms with Crippen molar-refractivity contribution in [3.8, 4) is 0 Å². The molecule has 2 N–H and O–H groups in total. The van der Waals surface area contributed by atoms with Gasteiger partial charge in [0, 0.05) is 32.7 Å². The average Bonchev–Trinajstić information content (AvgIpc) is 2.55. The highest BCUT2D eigenvalue weighted by Crippen LogP contribution is 2.16. The molecule has 1 atom stereocenters. The van der Waals surface area contributed by atoms with E-state index in [-0.39, 0.29) is 11.9 Å². The summed E-state index contributed by atoms with van der Waals surface area (Å²) in [5.74, 6) is 0.109. The first-order valence-corrected chi connectivity index (χ1v) is 7.71. The lowest BCUT2D eigenvalue weighted by atomic mass is 9.95. The third kappa shape index (κ3) is 3.81. The molecule has 3 rings (SSSR count). The molecule has 0 saturated carbocycles. The normalized spacial score (nSPS) is 22.6. The molecule has 1 amide bonds. The van der Waals surface area contributed by atoms with Crippen molar-refractivity contribution in [1.82, 2.24) is 15.5 Å². The van der Waals surface area contributed by atoms with Crippen molar-refractivity contribution in [1.29, 1.82) is 0 Å². The number of rotatable bonds is 4. The fourth-order valence-corrected chi connectivity index (χ4v) is 2.92. The summed E-state index contributed by atoms with van der Waals surface area (Å²) in [4.78, 5) is 14.6. The number of hydrogen-bond donors (Lipinski definition) is 2. The summed E-state index contributed by atoms with van der Waals surface area (Å²) in [7, 11) is 0. The standard InChI is InChI=1S/C16H23N3O2/c20-16(17-5-6-19-7-9-21-10-8-19)15-11-13-3-1-2-4-14(13)12-18-15/h1-4,15,18H,5-12H2,(H,17,20). The van der Waals surface area contributed by atoms with Crippen LogP contribution in [0.25, 0.3) is 0 Å². The number of hydrogen-bond acceptors (Lipinski definition) is 4. The van der Waals surface area contributed by atoms with E-state index in [9.17, 15) is 4.79 Å². The first-order valence-electron chi connectivity index (χ1n) is 7.71. The molecular formula is C16H23N3O2. The molecule has 0 aliphatic carbocycles. The Bertz CT molecular complexity index is 486. The van der Waals surface area contributed by atoms with E-state index in [0.717, 1.165) is 45.8 Å². The Morgan fingerprint density at radius 1 is 1.29 bits per heavy atom. The van der Waals surface area contributed by atoms with Gasteiger partial charge in [-0.1, -0.05) is 24.3 Å². The van der Waals surface area contributed by atoms with E-state index in [1.807, 2.05) is 12.1 Å². The summed E-state index contributed by atoms with van der Waals surface area (Å²) in [5, 5.41) is 6.36. The summed E-state index contributed by atoms with van der Waals surface area (Å²) in [6.07, 6.45) is 0.777. The van der Waals surface area contributed by atoms with Gasteiger partial charge in [-0.25, -0.2) is 0 Å². The van der Waals surface area contributed by atoms with Gasteiger partial charge in [-0.2, -0.15) is 0 Å². The summed E-state index contributed by atoms with van der Waals surface area (Å²) in [5.41, 5.74) is 2.58. The lowest BCUT2D eigenvalue weighted by Crippen LogP contribution is -2.49. The van der Waals surface area contributed by atoms with Crippen LogP contribution >= 0.6 is 0 Å². The van der Waals surface area contributed by atoms with Crippen LogP contribution in [0.15, 0.2) is 24.3 Å². The van der Waals surface area contributed by atoms with Crippen molar-refractivity contribution < 1.29 is 9.53 Å². The molecule has 114 valence electrons. The van der Waals surface area contributed by atoms with Crippen LogP contribution in [-0.2, 0) is 22.5 Å². The molecule has 1 aromatic carbocycles. The maximum absolute atomic E-state index is 12.2. The van der Waals surface area contributed by atoms with Gasteiger partial charge in [0.15, 0.2) is 0 Å². The molecule has 0 spiro atoms. The molecular weight excluding hydrogens is 266 g/mol. The molecule has 2 aliphatic rings. The number of nitrogens with one attached hydrogen (secondary N) is 2. The summed E-state index contributed by atoms with van der Waals surface area (Å²) >= 11 is 0. The van der Waals surface area contributed by atoms with E-state index in [1.54, 1.807) is 0 Å². The molecule has 21 heavy (non-hydrogen) atoms. The molecule has 1 unspecified atom stereocenters. The van der Waals surface area contributed by atoms with Crippen LogP contribution in [0.5, 0.6) is 0 Å². The predicted molar refractivity (Wildman–Crippen MR) is 81.0 cm³/mol. The van der Waals surface area contributed by atoms with Crippen molar-refractivity contribution in [3.05, 3.63) is 35.4 Å². The van der Waals surface area contributed by atoms with Crippen molar-refractivity contribution in [2.45, 2.75) is 19.0 Å². The molecule has 2 heterocycles. The highest BCUT2D eigenvalue weighted by Gasteiger charge is 2.23. The maximum atomic E-state index is 12.2. The highest BCUT2D eigenvalue weighted by atomic mass is 16.5. The third-order valence-electron chi connectivity index (χ3n) is 4.23. The molecule has 1 saturated heterocycles. The summed E-state index contributed by atoms with van der Waals surface area (Å²) in [6.45, 7) is 5.91. The Balaban J connectivity index is 1.44. The topological polar surface area (TPSA) is 53.6 Å². The average molecular weight is 289 g/mol. The van der Waals surface area contributed by atoms with Gasteiger partial charge in [-0.15, -0.1) is 0 Å². The van der Waals surface area contributed by atoms with E-state index in [4.69, 9.17) is 4.74 Å². The van der Waals surface area contributed by atoms with E-state index < -0.39 is 0 Å². The van der Waals surface area contributed by atoms with Crippen LogP contribution in [0.4, 0.5) is 0 Å². The smallest absolute Gasteiger partial charge is 0.237 e. The second kappa shape index (κ2) is 7.02. The third-order valence-corrected chi connectivity index (χ3v) is 4.23. The zero-order valence-corrected chi connectivity index (χ0v) is 12.3. The number of fused-ring (bicyclic) bond motifs is 1. The van der Waals surface area contributed by atoms with Gasteiger partial charge >= 0.3 is 0 Å². The first-order chi connectivity index (χ1) is 10.3. The van der Waals surface area contributed by atoms with Gasteiger partial charge in [-0.05, 0) is 17.5 Å². The number of nitrogens with zero attached hydrogens (tertiary/aromatic N) is 1. The maximum Gasteiger partial charge on any atom is 0.237 e. The predicted octanol–water partition coefficient (Wildman–Crippen LogP) is 0.149. The Morgan fingerprint density at radius 3 is 2.86 bits per heavy atom. The number of carbonyl (C=O) groups is 1. The fraction of sp³-hybridized carbons (Fsp3) is 0.562. The first kappa shape index (κ1) is 14.5. The van der Waals surface area contributed by atoms with Gasteiger partial charge < -0.3 is 15.4 Å². The quantitative estimate of drug-likeness (QED) is 0.828. The fourth-order valence-electron chi connectivity index (χ4n) is 2.92. The second-order valence-electron chi connectivity index (χ2n) is 5.65. The largest absolute Gasteiger partial charge is 0.379 e. The van der Waals surface area contributed by atoms with Crippen molar-refractivity contribution in [3.63, 3.8) is 0 Å². The molecule has 5 heteroatoms. The van der Waals surface area contributed by atoms with Crippen LogP contribution in [-0.4, -0.2) is 56.2 Å². The lowest BCUT2D eigenvalue weighted by Gasteiger charge is -2.28. The summed E-state index contributed by atoms with van der Waals surface area (Å²) in [6, 6.07) is 8.21. The van der Waals surface area contributed by atoms with Crippen LogP contribution < -0.4 is 10.6 Å². The van der Waals surface area contributed by atoms with Gasteiger partial charge in [0.2, 0.25) is 5.91 Å². The minimum Gasteiger partial charge on any atom is -0.379 e. The number of carbonyl (C=O) groups excluding carboxylic acids is 1. The molecule has 1 fully saturated rings. The van der Waals surface area contributed by atoms with Crippen LogP contribution in [0.2, 0.25) is 0 Å². The molecule has 1 aromatic rings. The highest BCUT2D eigenvalue weighted by molar-refractivity contribution is 5.82.